The van der Waals surface area contributed by atoms with Gasteiger partial charge in [0.25, 0.3) is 15.9 Å². The van der Waals surface area contributed by atoms with Crippen LogP contribution in [0.1, 0.15) is 51.2 Å². The minimum atomic E-state index is -4.24. The summed E-state index contributed by atoms with van der Waals surface area (Å²) in [5.74, 6) is 0.310. The fraction of sp³-hybridized carbons (Fsp3) is 0.250. The van der Waals surface area contributed by atoms with E-state index in [9.17, 15) is 13.2 Å². The number of aryl methyl sites for hydroxylation is 5. The first-order valence-corrected chi connectivity index (χ1v) is 13.5. The standard InChI is InChI=1S/C28H26ClNO4S/c1-17-14-18(2)27(19(3)15-17)35(32,33)30(28(31)20-8-10-21(29)11-9-20)22-12-13-26-24(16-22)23-6-4-5-7-25(23)34-26/h8-16H,4-7H2,1-3H3. The Kier molecular flexibility index (Phi) is 5.98. The third kappa shape index (κ3) is 4.15. The maximum absolute atomic E-state index is 14.2. The van der Waals surface area contributed by atoms with E-state index in [1.54, 1.807) is 56.3 Å². The molecule has 0 spiro atoms. The van der Waals surface area contributed by atoms with Crippen molar-refractivity contribution in [1.29, 1.82) is 0 Å². The van der Waals surface area contributed by atoms with E-state index in [1.165, 1.54) is 0 Å². The minimum Gasteiger partial charge on any atom is -0.461 e. The molecule has 4 aromatic rings. The second kappa shape index (κ2) is 8.85. The summed E-state index contributed by atoms with van der Waals surface area (Å²) in [6.07, 6.45) is 3.87. The predicted molar refractivity (Wildman–Crippen MR) is 139 cm³/mol. The van der Waals surface area contributed by atoms with Gasteiger partial charge in [-0.2, -0.15) is 4.31 Å². The second-order valence-electron chi connectivity index (χ2n) is 9.20. The highest BCUT2D eigenvalue weighted by molar-refractivity contribution is 7.93. The van der Waals surface area contributed by atoms with Gasteiger partial charge in [0, 0.05) is 28.0 Å². The third-order valence-electron chi connectivity index (χ3n) is 6.55. The first-order chi connectivity index (χ1) is 16.7. The predicted octanol–water partition coefficient (Wildman–Crippen LogP) is 6.93. The molecular weight excluding hydrogens is 482 g/mol. The number of fused-ring (bicyclic) bond motifs is 3. The number of nitrogens with zero attached hydrogens (tertiary/aromatic N) is 1. The summed E-state index contributed by atoms with van der Waals surface area (Å²) in [7, 11) is -4.24. The second-order valence-corrected chi connectivity index (χ2v) is 11.4. The van der Waals surface area contributed by atoms with Gasteiger partial charge >= 0.3 is 0 Å². The fourth-order valence-corrected chi connectivity index (χ4v) is 7.07. The summed E-state index contributed by atoms with van der Waals surface area (Å²) in [6, 6.07) is 15.1. The molecule has 0 saturated heterocycles. The minimum absolute atomic E-state index is 0.139. The van der Waals surface area contributed by atoms with Crippen molar-refractivity contribution < 1.29 is 17.6 Å². The molecule has 180 valence electrons. The molecule has 0 radical (unpaired) electrons. The van der Waals surface area contributed by atoms with E-state index >= 15 is 0 Å². The van der Waals surface area contributed by atoms with Crippen LogP contribution in [-0.4, -0.2) is 14.3 Å². The number of halogens is 1. The number of carbonyl (C=O) groups is 1. The van der Waals surface area contributed by atoms with Crippen LogP contribution >= 0.6 is 11.6 Å². The smallest absolute Gasteiger partial charge is 0.272 e. The lowest BCUT2D eigenvalue weighted by Gasteiger charge is -2.25. The Morgan fingerprint density at radius 1 is 0.914 bits per heavy atom. The summed E-state index contributed by atoms with van der Waals surface area (Å²) in [6.45, 7) is 5.43. The molecule has 1 aliphatic carbocycles. The average Bonchev–Trinajstić information content (AvgIpc) is 3.16. The number of benzene rings is 3. The Morgan fingerprint density at radius 2 is 1.57 bits per heavy atom. The largest absolute Gasteiger partial charge is 0.461 e. The number of sulfonamides is 1. The molecule has 0 fully saturated rings. The molecule has 3 aromatic carbocycles. The van der Waals surface area contributed by atoms with Crippen molar-refractivity contribution in [2.75, 3.05) is 4.31 Å². The maximum atomic E-state index is 14.2. The van der Waals surface area contributed by atoms with Crippen molar-refractivity contribution in [2.45, 2.75) is 51.3 Å². The number of hydrogen-bond acceptors (Lipinski definition) is 4. The van der Waals surface area contributed by atoms with Crippen LogP contribution in [0.3, 0.4) is 0 Å². The van der Waals surface area contributed by atoms with Gasteiger partial charge in [0.2, 0.25) is 0 Å². The summed E-state index contributed by atoms with van der Waals surface area (Å²) < 4.78 is 35.3. The number of hydrogen-bond donors (Lipinski definition) is 0. The Labute approximate surface area is 210 Å². The molecule has 5 rings (SSSR count). The Hall–Kier alpha value is -3.09. The van der Waals surface area contributed by atoms with Crippen LogP contribution in [0, 0.1) is 20.8 Å². The van der Waals surface area contributed by atoms with Crippen LogP contribution in [0.2, 0.25) is 5.02 Å². The number of furan rings is 1. The normalized spacial score (nSPS) is 13.6. The van der Waals surface area contributed by atoms with Gasteiger partial charge in [-0.25, -0.2) is 8.42 Å². The van der Waals surface area contributed by atoms with Gasteiger partial charge in [-0.1, -0.05) is 29.3 Å². The van der Waals surface area contributed by atoms with Crippen LogP contribution in [-0.2, 0) is 22.9 Å². The Balaban J connectivity index is 1.73. The van der Waals surface area contributed by atoms with Gasteiger partial charge in [-0.3, -0.25) is 4.79 Å². The fourth-order valence-electron chi connectivity index (χ4n) is 5.12. The van der Waals surface area contributed by atoms with E-state index in [0.29, 0.717) is 21.7 Å². The maximum Gasteiger partial charge on any atom is 0.272 e. The van der Waals surface area contributed by atoms with Crippen molar-refractivity contribution in [3.8, 4) is 0 Å². The molecule has 0 unspecified atom stereocenters. The van der Waals surface area contributed by atoms with E-state index in [4.69, 9.17) is 16.0 Å². The Bertz CT molecular complexity index is 1550. The zero-order valence-electron chi connectivity index (χ0n) is 19.9. The first-order valence-electron chi connectivity index (χ1n) is 11.6. The van der Waals surface area contributed by atoms with Crippen molar-refractivity contribution >= 4 is 44.2 Å². The molecule has 35 heavy (non-hydrogen) atoms. The van der Waals surface area contributed by atoms with E-state index in [-0.39, 0.29) is 16.1 Å². The summed E-state index contributed by atoms with van der Waals surface area (Å²) in [4.78, 5) is 13.9. The van der Waals surface area contributed by atoms with Gasteiger partial charge in [-0.15, -0.1) is 0 Å². The van der Waals surface area contributed by atoms with Gasteiger partial charge in [0.1, 0.15) is 11.3 Å². The molecule has 1 aliphatic rings. The van der Waals surface area contributed by atoms with Crippen LogP contribution in [0.15, 0.2) is 63.9 Å². The molecule has 0 bridgehead atoms. The van der Waals surface area contributed by atoms with Crippen molar-refractivity contribution in [1.82, 2.24) is 0 Å². The lowest BCUT2D eigenvalue weighted by Crippen LogP contribution is -2.37. The molecule has 1 amide bonds. The molecule has 0 saturated carbocycles. The highest BCUT2D eigenvalue weighted by Gasteiger charge is 2.35. The van der Waals surface area contributed by atoms with E-state index in [2.05, 4.69) is 0 Å². The molecule has 0 atom stereocenters. The summed E-state index contributed by atoms with van der Waals surface area (Å²) in [5, 5.41) is 1.33. The van der Waals surface area contributed by atoms with Gasteiger partial charge in [-0.05, 0) is 93.6 Å². The third-order valence-corrected chi connectivity index (χ3v) is 8.82. The molecule has 0 aliphatic heterocycles. The van der Waals surface area contributed by atoms with Crippen molar-refractivity contribution in [3.63, 3.8) is 0 Å². The zero-order chi connectivity index (χ0) is 24.9. The highest BCUT2D eigenvalue weighted by atomic mass is 35.5. The van der Waals surface area contributed by atoms with Crippen molar-refractivity contribution in [2.24, 2.45) is 0 Å². The first kappa shape index (κ1) is 23.6. The van der Waals surface area contributed by atoms with E-state index in [0.717, 1.165) is 52.3 Å². The SMILES string of the molecule is Cc1cc(C)c(S(=O)(=O)N(C(=O)c2ccc(Cl)cc2)c2ccc3oc4c(c3c2)CCCC4)c(C)c1. The molecule has 0 N–H and O–H groups in total. The van der Waals surface area contributed by atoms with E-state index in [1.807, 2.05) is 19.1 Å². The number of carbonyl (C=O) groups excluding carboxylic acids is 1. The van der Waals surface area contributed by atoms with Crippen LogP contribution < -0.4 is 4.31 Å². The molecule has 1 aromatic heterocycles. The highest BCUT2D eigenvalue weighted by Crippen LogP contribution is 2.37. The van der Waals surface area contributed by atoms with Gasteiger partial charge in [0.15, 0.2) is 0 Å². The van der Waals surface area contributed by atoms with E-state index < -0.39 is 15.9 Å². The van der Waals surface area contributed by atoms with Crippen LogP contribution in [0.4, 0.5) is 5.69 Å². The summed E-state index contributed by atoms with van der Waals surface area (Å²) >= 11 is 6.02. The average molecular weight is 508 g/mol. The quantitative estimate of drug-likeness (QED) is 0.300. The monoisotopic (exact) mass is 507 g/mol. The number of amides is 1. The Morgan fingerprint density at radius 3 is 2.26 bits per heavy atom. The lowest BCUT2D eigenvalue weighted by molar-refractivity contribution is 0.101. The van der Waals surface area contributed by atoms with Gasteiger partial charge in [0.05, 0.1) is 10.6 Å². The number of anilines is 1. The molecule has 7 heteroatoms. The topological polar surface area (TPSA) is 67.6 Å². The lowest BCUT2D eigenvalue weighted by atomic mass is 9.96. The van der Waals surface area contributed by atoms with Gasteiger partial charge < -0.3 is 4.42 Å². The molecule has 1 heterocycles. The summed E-state index contributed by atoms with van der Waals surface area (Å²) in [5.41, 5.74) is 4.48. The van der Waals surface area contributed by atoms with Crippen LogP contribution in [0.25, 0.3) is 11.0 Å². The van der Waals surface area contributed by atoms with Crippen LogP contribution in [0.5, 0.6) is 0 Å². The van der Waals surface area contributed by atoms with Crippen molar-refractivity contribution in [3.05, 3.63) is 93.2 Å². The zero-order valence-corrected chi connectivity index (χ0v) is 21.5. The number of rotatable bonds is 4. The molecule has 5 nitrogen and oxygen atoms in total. The molecular formula is C28H26ClNO4S.